The molecule has 1 aromatic carbocycles. The van der Waals surface area contributed by atoms with Gasteiger partial charge in [-0.1, -0.05) is 12.1 Å². The highest BCUT2D eigenvalue weighted by atomic mass is 16.5. The molecule has 8 nitrogen and oxygen atoms in total. The van der Waals surface area contributed by atoms with Gasteiger partial charge in [0.2, 0.25) is 0 Å². The summed E-state index contributed by atoms with van der Waals surface area (Å²) < 4.78 is 7.75. The SMILES string of the molecule is CCn1cnnc1[C@H]1CN(C(=O)c2cccc3cn[nH]c23)CCO1. The molecule has 124 valence electrons. The number of hydrogen-bond donors (Lipinski definition) is 1. The highest BCUT2D eigenvalue weighted by molar-refractivity contribution is 6.05. The standard InChI is InChI=1S/C16H18N6O2/c1-2-21-10-18-20-15(21)13-9-22(6-7-24-13)16(23)12-5-3-4-11-8-17-19-14(11)12/h3-5,8,10,13H,2,6-7,9H2,1H3,(H,17,19)/t13-/m1/s1. The van der Waals surface area contributed by atoms with Gasteiger partial charge < -0.3 is 14.2 Å². The molecule has 1 N–H and O–H groups in total. The van der Waals surface area contributed by atoms with Crippen molar-refractivity contribution in [3.05, 3.63) is 42.1 Å². The molecule has 3 heterocycles. The Bertz CT molecular complexity index is 870. The van der Waals surface area contributed by atoms with Crippen LogP contribution >= 0.6 is 0 Å². The van der Waals surface area contributed by atoms with Crippen molar-refractivity contribution in [2.45, 2.75) is 19.6 Å². The van der Waals surface area contributed by atoms with E-state index in [-0.39, 0.29) is 12.0 Å². The number of hydrogen-bond acceptors (Lipinski definition) is 5. The molecule has 0 saturated carbocycles. The first-order valence-corrected chi connectivity index (χ1v) is 7.98. The van der Waals surface area contributed by atoms with Crippen molar-refractivity contribution < 1.29 is 9.53 Å². The predicted molar refractivity (Wildman–Crippen MR) is 86.4 cm³/mol. The second-order valence-electron chi connectivity index (χ2n) is 5.73. The molecule has 8 heteroatoms. The molecule has 2 aromatic heterocycles. The van der Waals surface area contributed by atoms with Crippen molar-refractivity contribution in [1.82, 2.24) is 29.9 Å². The summed E-state index contributed by atoms with van der Waals surface area (Å²) in [6.07, 6.45) is 3.15. The zero-order chi connectivity index (χ0) is 16.5. The Balaban J connectivity index is 1.60. The molecule has 0 radical (unpaired) electrons. The predicted octanol–water partition coefficient (Wildman–Crippen LogP) is 1.39. The van der Waals surface area contributed by atoms with E-state index in [1.165, 1.54) is 0 Å². The first-order chi connectivity index (χ1) is 11.8. The fourth-order valence-corrected chi connectivity index (χ4v) is 3.06. The third-order valence-electron chi connectivity index (χ3n) is 4.33. The number of aromatic nitrogens is 5. The summed E-state index contributed by atoms with van der Waals surface area (Å²) in [4.78, 5) is 14.8. The number of carbonyl (C=O) groups is 1. The third-order valence-corrected chi connectivity index (χ3v) is 4.33. The number of benzene rings is 1. The van der Waals surface area contributed by atoms with Crippen LogP contribution in [-0.4, -0.2) is 55.5 Å². The highest BCUT2D eigenvalue weighted by Gasteiger charge is 2.29. The lowest BCUT2D eigenvalue weighted by atomic mass is 10.1. The minimum atomic E-state index is -0.258. The van der Waals surface area contributed by atoms with Gasteiger partial charge in [-0.25, -0.2) is 0 Å². The lowest BCUT2D eigenvalue weighted by molar-refractivity contribution is -0.0283. The van der Waals surface area contributed by atoms with E-state index in [1.54, 1.807) is 17.4 Å². The zero-order valence-corrected chi connectivity index (χ0v) is 13.3. The summed E-state index contributed by atoms with van der Waals surface area (Å²) in [5.41, 5.74) is 1.39. The smallest absolute Gasteiger partial charge is 0.256 e. The molecular formula is C16H18N6O2. The maximum atomic E-state index is 13.0. The van der Waals surface area contributed by atoms with Crippen LogP contribution in [0, 0.1) is 0 Å². The van der Waals surface area contributed by atoms with Gasteiger partial charge in [0, 0.05) is 18.5 Å². The monoisotopic (exact) mass is 326 g/mol. The molecule has 24 heavy (non-hydrogen) atoms. The number of nitrogens with one attached hydrogen (secondary N) is 1. The Labute approximate surface area is 138 Å². The first-order valence-electron chi connectivity index (χ1n) is 7.98. The highest BCUT2D eigenvalue weighted by Crippen LogP contribution is 2.23. The Morgan fingerprint density at radius 1 is 1.46 bits per heavy atom. The van der Waals surface area contributed by atoms with E-state index in [0.29, 0.717) is 25.3 Å². The largest absolute Gasteiger partial charge is 0.366 e. The van der Waals surface area contributed by atoms with Gasteiger partial charge in [-0.15, -0.1) is 10.2 Å². The summed E-state index contributed by atoms with van der Waals surface area (Å²) in [7, 11) is 0. The van der Waals surface area contributed by atoms with Gasteiger partial charge in [-0.2, -0.15) is 5.10 Å². The van der Waals surface area contributed by atoms with Gasteiger partial charge in [-0.05, 0) is 13.0 Å². The average molecular weight is 326 g/mol. The number of para-hydroxylation sites is 1. The molecular weight excluding hydrogens is 308 g/mol. The third kappa shape index (κ3) is 2.44. The Hall–Kier alpha value is -2.74. The number of ether oxygens (including phenoxy) is 1. The second-order valence-corrected chi connectivity index (χ2v) is 5.73. The van der Waals surface area contributed by atoms with E-state index in [9.17, 15) is 4.79 Å². The number of morpholine rings is 1. The van der Waals surface area contributed by atoms with E-state index < -0.39 is 0 Å². The molecule has 1 aliphatic heterocycles. The molecule has 1 amide bonds. The van der Waals surface area contributed by atoms with Crippen molar-refractivity contribution >= 4 is 16.8 Å². The van der Waals surface area contributed by atoms with E-state index in [4.69, 9.17) is 4.74 Å². The van der Waals surface area contributed by atoms with Crippen molar-refractivity contribution in [2.75, 3.05) is 19.7 Å². The van der Waals surface area contributed by atoms with Crippen LogP contribution in [0.5, 0.6) is 0 Å². The fourth-order valence-electron chi connectivity index (χ4n) is 3.06. The fraction of sp³-hybridized carbons (Fsp3) is 0.375. The molecule has 0 aliphatic carbocycles. The van der Waals surface area contributed by atoms with Crippen LogP contribution in [0.1, 0.15) is 29.2 Å². The number of rotatable bonds is 3. The summed E-state index contributed by atoms with van der Waals surface area (Å²) in [6.45, 7) is 4.29. The molecule has 4 rings (SSSR count). The zero-order valence-electron chi connectivity index (χ0n) is 13.3. The summed E-state index contributed by atoms with van der Waals surface area (Å²) in [5.74, 6) is 0.732. The van der Waals surface area contributed by atoms with Crippen LogP contribution in [0.3, 0.4) is 0 Å². The average Bonchev–Trinajstić information content (AvgIpc) is 3.29. The summed E-state index contributed by atoms with van der Waals surface area (Å²) >= 11 is 0. The second kappa shape index (κ2) is 6.04. The topological polar surface area (TPSA) is 88.9 Å². The lowest BCUT2D eigenvalue weighted by Gasteiger charge is -2.32. The molecule has 0 spiro atoms. The van der Waals surface area contributed by atoms with Crippen LogP contribution in [0.2, 0.25) is 0 Å². The van der Waals surface area contributed by atoms with Gasteiger partial charge in [0.25, 0.3) is 5.91 Å². The van der Waals surface area contributed by atoms with Crippen LogP contribution in [0.4, 0.5) is 0 Å². The summed E-state index contributed by atoms with van der Waals surface area (Å²) in [5, 5.41) is 16.0. The molecule has 1 saturated heterocycles. The Morgan fingerprint density at radius 3 is 3.25 bits per heavy atom. The number of carbonyl (C=O) groups excluding carboxylic acids is 1. The van der Waals surface area contributed by atoms with E-state index >= 15 is 0 Å². The van der Waals surface area contributed by atoms with Gasteiger partial charge in [-0.3, -0.25) is 9.89 Å². The van der Waals surface area contributed by atoms with Crippen molar-refractivity contribution in [1.29, 1.82) is 0 Å². The van der Waals surface area contributed by atoms with Gasteiger partial charge in [0.05, 0.1) is 30.4 Å². The van der Waals surface area contributed by atoms with Gasteiger partial charge in [0.15, 0.2) is 5.82 Å². The van der Waals surface area contributed by atoms with Crippen LogP contribution < -0.4 is 0 Å². The van der Waals surface area contributed by atoms with Crippen molar-refractivity contribution in [3.8, 4) is 0 Å². The van der Waals surface area contributed by atoms with Gasteiger partial charge >= 0.3 is 0 Å². The van der Waals surface area contributed by atoms with Gasteiger partial charge in [0.1, 0.15) is 12.4 Å². The van der Waals surface area contributed by atoms with Crippen molar-refractivity contribution in [2.24, 2.45) is 0 Å². The molecule has 0 unspecified atom stereocenters. The number of amides is 1. The minimum absolute atomic E-state index is 0.0271. The Morgan fingerprint density at radius 2 is 2.38 bits per heavy atom. The maximum absolute atomic E-state index is 13.0. The van der Waals surface area contributed by atoms with E-state index in [2.05, 4.69) is 20.4 Å². The molecule has 1 atom stereocenters. The van der Waals surface area contributed by atoms with E-state index in [0.717, 1.165) is 23.3 Å². The number of nitrogens with zero attached hydrogens (tertiary/aromatic N) is 5. The Kier molecular flexibility index (Phi) is 3.73. The number of aromatic amines is 1. The molecule has 0 bridgehead atoms. The molecule has 3 aromatic rings. The summed E-state index contributed by atoms with van der Waals surface area (Å²) in [6, 6.07) is 5.63. The molecule has 1 aliphatic rings. The minimum Gasteiger partial charge on any atom is -0.366 e. The van der Waals surface area contributed by atoms with Crippen LogP contribution in [-0.2, 0) is 11.3 Å². The molecule has 1 fully saturated rings. The first kappa shape index (κ1) is 14.8. The maximum Gasteiger partial charge on any atom is 0.256 e. The van der Waals surface area contributed by atoms with Crippen LogP contribution in [0.25, 0.3) is 10.9 Å². The quantitative estimate of drug-likeness (QED) is 0.785. The normalized spacial score (nSPS) is 18.2. The number of fused-ring (bicyclic) bond motifs is 1. The van der Waals surface area contributed by atoms with E-state index in [1.807, 2.05) is 29.7 Å². The number of H-pyrrole nitrogens is 1. The number of aryl methyl sites for hydroxylation is 1. The lowest BCUT2D eigenvalue weighted by Crippen LogP contribution is -2.43. The van der Waals surface area contributed by atoms with Crippen molar-refractivity contribution in [3.63, 3.8) is 0 Å². The van der Waals surface area contributed by atoms with Crippen LogP contribution in [0.15, 0.2) is 30.7 Å².